The van der Waals surface area contributed by atoms with E-state index in [0.29, 0.717) is 30.8 Å². The molecule has 33 heavy (non-hydrogen) atoms. The molecule has 2 heterocycles. The molecule has 1 aromatic carbocycles. The minimum absolute atomic E-state index is 0.00444. The number of rotatable bonds is 4. The Kier molecular flexibility index (Phi) is 6.65. The predicted octanol–water partition coefficient (Wildman–Crippen LogP) is 3.59. The highest BCUT2D eigenvalue weighted by molar-refractivity contribution is 6.34. The molecule has 2 N–H and O–H groups in total. The van der Waals surface area contributed by atoms with Crippen molar-refractivity contribution in [3.8, 4) is 0 Å². The Morgan fingerprint density at radius 2 is 1.70 bits per heavy atom. The zero-order valence-corrected chi connectivity index (χ0v) is 16.8. The molecule has 178 valence electrons. The van der Waals surface area contributed by atoms with Crippen LogP contribution in [0.5, 0.6) is 0 Å². The van der Waals surface area contributed by atoms with Crippen molar-refractivity contribution in [2.24, 2.45) is 10.9 Å². The second-order valence-corrected chi connectivity index (χ2v) is 7.13. The van der Waals surface area contributed by atoms with Crippen LogP contribution in [-0.4, -0.2) is 39.3 Å². The fourth-order valence-corrected chi connectivity index (χ4v) is 3.21. The van der Waals surface area contributed by atoms with Gasteiger partial charge in [0.15, 0.2) is 0 Å². The van der Waals surface area contributed by atoms with Crippen molar-refractivity contribution < 1.29 is 40.7 Å². The van der Waals surface area contributed by atoms with Gasteiger partial charge in [-0.25, -0.2) is 4.79 Å². The van der Waals surface area contributed by atoms with Crippen LogP contribution in [0.4, 0.5) is 31.1 Å². The number of ketones is 1. The second-order valence-electron chi connectivity index (χ2n) is 7.13. The van der Waals surface area contributed by atoms with Gasteiger partial charge in [-0.2, -0.15) is 36.5 Å². The van der Waals surface area contributed by atoms with Gasteiger partial charge in [0.2, 0.25) is 5.78 Å². The number of halogens is 6. The molecule has 0 aliphatic carbocycles. The number of alkyl halides is 6. The van der Waals surface area contributed by atoms with Crippen LogP contribution >= 0.6 is 0 Å². The van der Waals surface area contributed by atoms with Gasteiger partial charge in [-0.05, 0) is 36.2 Å². The number of benzene rings is 1. The first kappa shape index (κ1) is 24.1. The summed E-state index contributed by atoms with van der Waals surface area (Å²) in [6.45, 7) is -0.256. The smallest absolute Gasteiger partial charge is 0.416 e. The number of hydrogen-bond acceptors (Lipinski definition) is 6. The van der Waals surface area contributed by atoms with E-state index >= 15 is 0 Å². The molecular formula is C19H17F6N5O3. The van der Waals surface area contributed by atoms with Crippen molar-refractivity contribution in [3.05, 3.63) is 52.3 Å². The van der Waals surface area contributed by atoms with E-state index in [2.05, 4.69) is 10.2 Å². The highest BCUT2D eigenvalue weighted by atomic mass is 19.4. The molecule has 1 aromatic heterocycles. The van der Waals surface area contributed by atoms with Crippen molar-refractivity contribution in [2.75, 3.05) is 6.54 Å². The molecule has 0 fully saturated rings. The van der Waals surface area contributed by atoms with E-state index in [9.17, 15) is 35.9 Å². The third-order valence-electron chi connectivity index (χ3n) is 4.73. The number of carbonyl (C=O) groups is 2. The number of carbonyl (C=O) groups excluding carboxylic acids is 2. The quantitative estimate of drug-likeness (QED) is 0.238. The Hall–Kier alpha value is -3.58. The molecule has 0 bridgehead atoms. The van der Waals surface area contributed by atoms with Gasteiger partial charge in [0, 0.05) is 13.1 Å². The van der Waals surface area contributed by atoms with Gasteiger partial charge >= 0.3 is 18.4 Å². The van der Waals surface area contributed by atoms with E-state index in [0.717, 1.165) is 6.21 Å². The lowest BCUT2D eigenvalue weighted by Gasteiger charge is -2.20. The zero-order valence-electron chi connectivity index (χ0n) is 16.8. The maximum atomic E-state index is 13.0. The monoisotopic (exact) mass is 477 g/mol. The highest BCUT2D eigenvalue weighted by Crippen LogP contribution is 2.36. The molecule has 0 saturated heterocycles. The van der Waals surface area contributed by atoms with Crippen molar-refractivity contribution >= 4 is 18.1 Å². The molecule has 0 radical (unpaired) electrons. The molecule has 0 saturated carbocycles. The number of hydrogen-bond donors (Lipinski definition) is 1. The van der Waals surface area contributed by atoms with Gasteiger partial charge in [-0.3, -0.25) is 9.48 Å². The number of nitrogens with two attached hydrogens (primary N) is 1. The molecule has 2 aromatic rings. The standard InChI is InChI=1S/C19H17F6N5O3/c20-18(21,22)12-4-11(5-13(6-12)19(23,24)25)10-33-17(32)29-2-1-3-30-14(9-29)7-15(28-30)16(31)8-27-26/h4-8H,1-3,9-10,26H2. The molecule has 0 spiro atoms. The largest absolute Gasteiger partial charge is 0.445 e. The first-order valence-electron chi connectivity index (χ1n) is 9.43. The summed E-state index contributed by atoms with van der Waals surface area (Å²) in [5, 5.41) is 7.24. The van der Waals surface area contributed by atoms with E-state index in [1.54, 1.807) is 0 Å². The number of ether oxygens (including phenoxy) is 1. The Bertz CT molecular complexity index is 1040. The van der Waals surface area contributed by atoms with E-state index in [-0.39, 0.29) is 24.8 Å². The van der Waals surface area contributed by atoms with Crippen molar-refractivity contribution in [2.45, 2.75) is 38.5 Å². The molecule has 1 aliphatic heterocycles. The van der Waals surface area contributed by atoms with Crippen LogP contribution in [0.25, 0.3) is 0 Å². The Morgan fingerprint density at radius 1 is 1.06 bits per heavy atom. The van der Waals surface area contributed by atoms with Crippen LogP contribution in [-0.2, 0) is 36.8 Å². The van der Waals surface area contributed by atoms with E-state index in [1.807, 2.05) is 0 Å². The number of amides is 1. The third kappa shape index (κ3) is 5.81. The van der Waals surface area contributed by atoms with Crippen LogP contribution in [0.1, 0.15) is 39.3 Å². The van der Waals surface area contributed by atoms with Crippen LogP contribution < -0.4 is 5.84 Å². The molecule has 8 nitrogen and oxygen atoms in total. The van der Waals surface area contributed by atoms with E-state index in [4.69, 9.17) is 10.6 Å². The summed E-state index contributed by atoms with van der Waals surface area (Å²) in [5.74, 6) is 4.40. The van der Waals surface area contributed by atoms with Crippen molar-refractivity contribution in [1.29, 1.82) is 0 Å². The summed E-state index contributed by atoms with van der Waals surface area (Å²) in [4.78, 5) is 25.5. The van der Waals surface area contributed by atoms with Crippen LogP contribution in [0, 0.1) is 0 Å². The SMILES string of the molecule is NN=CC(=O)c1cc2n(n1)CCCN(C(=O)OCc1cc(C(F)(F)F)cc(C(F)(F)F)c1)C2. The predicted molar refractivity (Wildman–Crippen MR) is 101 cm³/mol. The normalized spacial score (nSPS) is 14.8. The summed E-state index contributed by atoms with van der Waals surface area (Å²) >= 11 is 0. The first-order chi connectivity index (χ1) is 15.4. The van der Waals surface area contributed by atoms with Gasteiger partial charge in [-0.15, -0.1) is 0 Å². The first-order valence-corrected chi connectivity index (χ1v) is 9.43. The topological polar surface area (TPSA) is 103 Å². The van der Waals surface area contributed by atoms with Crippen LogP contribution in [0.15, 0.2) is 29.4 Å². The number of aromatic nitrogens is 2. The summed E-state index contributed by atoms with van der Waals surface area (Å²) in [7, 11) is 0. The van der Waals surface area contributed by atoms with Gasteiger partial charge in [0.1, 0.15) is 12.3 Å². The van der Waals surface area contributed by atoms with Gasteiger partial charge in [0.05, 0.1) is 29.6 Å². The number of aryl methyl sites for hydroxylation is 1. The zero-order chi connectivity index (χ0) is 24.4. The van der Waals surface area contributed by atoms with Gasteiger partial charge in [-0.1, -0.05) is 0 Å². The maximum Gasteiger partial charge on any atom is 0.416 e. The van der Waals surface area contributed by atoms with Crippen molar-refractivity contribution in [3.63, 3.8) is 0 Å². The van der Waals surface area contributed by atoms with Gasteiger partial charge in [0.25, 0.3) is 0 Å². The highest BCUT2D eigenvalue weighted by Gasteiger charge is 2.37. The molecular weight excluding hydrogens is 460 g/mol. The summed E-state index contributed by atoms with van der Waals surface area (Å²) in [6, 6.07) is 2.42. The molecule has 0 unspecified atom stereocenters. The average molecular weight is 477 g/mol. The van der Waals surface area contributed by atoms with E-state index < -0.39 is 47.5 Å². The summed E-state index contributed by atoms with van der Waals surface area (Å²) in [6.07, 6.45) is -9.66. The minimum atomic E-state index is -5.01. The summed E-state index contributed by atoms with van der Waals surface area (Å²) in [5.41, 5.74) is -2.92. The third-order valence-corrected chi connectivity index (χ3v) is 4.73. The van der Waals surface area contributed by atoms with Crippen LogP contribution in [0.3, 0.4) is 0 Å². The Balaban J connectivity index is 1.74. The fourth-order valence-electron chi connectivity index (χ4n) is 3.21. The Labute approximate surface area is 182 Å². The maximum absolute atomic E-state index is 13.0. The van der Waals surface area contributed by atoms with Crippen LogP contribution in [0.2, 0.25) is 0 Å². The average Bonchev–Trinajstić information content (AvgIpc) is 3.02. The lowest BCUT2D eigenvalue weighted by Crippen LogP contribution is -2.31. The lowest BCUT2D eigenvalue weighted by atomic mass is 10.1. The number of hydrazone groups is 1. The Morgan fingerprint density at radius 3 is 2.27 bits per heavy atom. The second kappa shape index (κ2) is 9.11. The van der Waals surface area contributed by atoms with Crippen molar-refractivity contribution in [1.82, 2.24) is 14.7 Å². The molecule has 1 aliphatic rings. The molecule has 1 amide bonds. The molecule has 0 atom stereocenters. The number of Topliss-reactive ketones (excluding diaryl/α,β-unsaturated/α-hetero) is 1. The van der Waals surface area contributed by atoms with Gasteiger partial charge < -0.3 is 15.5 Å². The lowest BCUT2D eigenvalue weighted by molar-refractivity contribution is -0.143. The summed E-state index contributed by atoms with van der Waals surface area (Å²) < 4.78 is 84.4. The van der Waals surface area contributed by atoms with E-state index in [1.165, 1.54) is 15.6 Å². The molecule has 3 rings (SSSR count). The fraction of sp³-hybridized carbons (Fsp3) is 0.368. The number of fused-ring (bicyclic) bond motifs is 1. The minimum Gasteiger partial charge on any atom is -0.445 e. The number of nitrogens with zero attached hydrogens (tertiary/aromatic N) is 4. The molecule has 14 heteroatoms.